The van der Waals surface area contributed by atoms with Crippen molar-refractivity contribution >= 4 is 17.5 Å². The van der Waals surface area contributed by atoms with Crippen molar-refractivity contribution in [3.8, 4) is 0 Å². The molecule has 0 saturated heterocycles. The quantitative estimate of drug-likeness (QED) is 0.170. The molecule has 1 N–H and O–H groups in total. The van der Waals surface area contributed by atoms with Gasteiger partial charge in [0.2, 0.25) is 6.08 Å². The molecule has 0 radical (unpaired) electrons. The van der Waals surface area contributed by atoms with Crippen molar-refractivity contribution in [2.75, 3.05) is 31.9 Å². The number of nitrogens with zero attached hydrogens (tertiary/aromatic N) is 1. The van der Waals surface area contributed by atoms with Gasteiger partial charge in [0.1, 0.15) is 0 Å². The molecule has 0 bridgehead atoms. The summed E-state index contributed by atoms with van der Waals surface area (Å²) in [6.45, 7) is 6.10. The molecule has 116 valence electrons. The van der Waals surface area contributed by atoms with Crippen molar-refractivity contribution in [3.63, 3.8) is 0 Å². The number of anilines is 1. The van der Waals surface area contributed by atoms with Gasteiger partial charge in [-0.1, -0.05) is 6.07 Å². The minimum Gasteiger partial charge on any atom is -0.382 e. The van der Waals surface area contributed by atoms with Crippen LogP contribution in [-0.2, 0) is 19.3 Å². The molecule has 0 unspecified atom stereocenters. The number of carbonyl (C=O) groups excluding carboxylic acids is 1. The zero-order chi connectivity index (χ0) is 15.3. The second-order valence-corrected chi connectivity index (χ2v) is 4.37. The fourth-order valence-corrected chi connectivity index (χ4v) is 1.61. The number of hydrogen-bond acceptors (Lipinski definition) is 6. The smallest absolute Gasteiger partial charge is 0.240 e. The minimum absolute atomic E-state index is 0.221. The SMILES string of the molecule is CCOCCCCOOCNc1ccc(C)c(N=C=O)c1. The molecular formula is C15H22N2O4. The molecule has 0 atom stereocenters. The lowest BCUT2D eigenvalue weighted by Gasteiger charge is -2.08. The molecule has 0 heterocycles. The first-order valence-electron chi connectivity index (χ1n) is 7.02. The number of nitrogens with one attached hydrogen (secondary N) is 1. The van der Waals surface area contributed by atoms with Crippen LogP contribution < -0.4 is 5.32 Å². The maximum Gasteiger partial charge on any atom is 0.240 e. The highest BCUT2D eigenvalue weighted by Gasteiger charge is 1.99. The first kappa shape index (κ1) is 17.3. The Morgan fingerprint density at radius 3 is 2.81 bits per heavy atom. The normalized spacial score (nSPS) is 10.2. The molecule has 1 rings (SSSR count). The molecule has 0 aliphatic carbocycles. The van der Waals surface area contributed by atoms with Gasteiger partial charge >= 0.3 is 0 Å². The van der Waals surface area contributed by atoms with E-state index in [1.54, 1.807) is 6.07 Å². The van der Waals surface area contributed by atoms with Crippen LogP contribution in [0.5, 0.6) is 0 Å². The van der Waals surface area contributed by atoms with E-state index in [0.29, 0.717) is 12.3 Å². The Balaban J connectivity index is 2.15. The molecular weight excluding hydrogens is 272 g/mol. The largest absolute Gasteiger partial charge is 0.382 e. The number of hydrogen-bond donors (Lipinski definition) is 1. The van der Waals surface area contributed by atoms with Crippen LogP contribution in [0.4, 0.5) is 11.4 Å². The fraction of sp³-hybridized carbons (Fsp3) is 0.533. The molecule has 0 fully saturated rings. The van der Waals surface area contributed by atoms with Gasteiger partial charge in [-0.05, 0) is 44.4 Å². The maximum absolute atomic E-state index is 10.3. The Labute approximate surface area is 125 Å². The second-order valence-electron chi connectivity index (χ2n) is 4.37. The summed E-state index contributed by atoms with van der Waals surface area (Å²) in [7, 11) is 0. The number of benzene rings is 1. The maximum atomic E-state index is 10.3. The van der Waals surface area contributed by atoms with Crippen molar-refractivity contribution in [2.45, 2.75) is 26.7 Å². The molecule has 0 aliphatic rings. The number of aryl methyl sites for hydroxylation is 1. The zero-order valence-corrected chi connectivity index (χ0v) is 12.6. The molecule has 0 amide bonds. The Hall–Kier alpha value is -1.72. The predicted octanol–water partition coefficient (Wildman–Crippen LogP) is 3.10. The van der Waals surface area contributed by atoms with Crippen molar-refractivity contribution in [3.05, 3.63) is 23.8 Å². The van der Waals surface area contributed by atoms with E-state index in [-0.39, 0.29) is 6.73 Å². The summed E-state index contributed by atoms with van der Waals surface area (Å²) in [5, 5.41) is 3.02. The number of rotatable bonds is 11. The average Bonchev–Trinajstić information content (AvgIpc) is 2.49. The van der Waals surface area contributed by atoms with E-state index in [2.05, 4.69) is 10.3 Å². The number of isocyanates is 1. The topological polar surface area (TPSA) is 69.2 Å². The molecule has 21 heavy (non-hydrogen) atoms. The Kier molecular flexibility index (Phi) is 9.08. The Bertz CT molecular complexity index is 459. The van der Waals surface area contributed by atoms with Crippen LogP contribution in [0.1, 0.15) is 25.3 Å². The Morgan fingerprint density at radius 2 is 2.05 bits per heavy atom. The van der Waals surface area contributed by atoms with Gasteiger partial charge in [0.15, 0.2) is 6.73 Å². The van der Waals surface area contributed by atoms with Crippen molar-refractivity contribution in [1.82, 2.24) is 0 Å². The summed E-state index contributed by atoms with van der Waals surface area (Å²) >= 11 is 0. The fourth-order valence-electron chi connectivity index (χ4n) is 1.61. The molecule has 0 aromatic heterocycles. The highest BCUT2D eigenvalue weighted by molar-refractivity contribution is 5.61. The molecule has 6 nitrogen and oxygen atoms in total. The second kappa shape index (κ2) is 11.0. The van der Waals surface area contributed by atoms with Crippen molar-refractivity contribution in [2.24, 2.45) is 4.99 Å². The van der Waals surface area contributed by atoms with Crippen molar-refractivity contribution < 1.29 is 19.3 Å². The van der Waals surface area contributed by atoms with Crippen LogP contribution in [0.2, 0.25) is 0 Å². The van der Waals surface area contributed by atoms with Gasteiger partial charge in [0.05, 0.1) is 12.3 Å². The lowest BCUT2D eigenvalue weighted by molar-refractivity contribution is -0.290. The van der Waals surface area contributed by atoms with Crippen molar-refractivity contribution in [1.29, 1.82) is 0 Å². The third kappa shape index (κ3) is 7.58. The summed E-state index contributed by atoms with van der Waals surface area (Å²) in [6.07, 6.45) is 3.38. The third-order valence-corrected chi connectivity index (χ3v) is 2.76. The van der Waals surface area contributed by atoms with E-state index in [1.807, 2.05) is 26.0 Å². The van der Waals surface area contributed by atoms with Gasteiger partial charge < -0.3 is 10.1 Å². The number of ether oxygens (including phenoxy) is 1. The van der Waals surface area contributed by atoms with Crippen LogP contribution in [0.15, 0.2) is 23.2 Å². The molecule has 1 aromatic carbocycles. The van der Waals surface area contributed by atoms with Crippen LogP contribution in [0.3, 0.4) is 0 Å². The van der Waals surface area contributed by atoms with Gasteiger partial charge in [-0.2, -0.15) is 4.99 Å². The van der Waals surface area contributed by atoms with Gasteiger partial charge in [-0.3, -0.25) is 0 Å². The first-order chi connectivity index (χ1) is 10.3. The highest BCUT2D eigenvalue weighted by Crippen LogP contribution is 2.22. The standard InChI is InChI=1S/C15H22N2O4/c1-3-19-8-4-5-9-20-21-12-17-14-7-6-13(2)15(10-14)16-11-18/h6-7,10,17H,3-5,8-9,12H2,1-2H3. The molecule has 1 aromatic rings. The third-order valence-electron chi connectivity index (χ3n) is 2.76. The first-order valence-corrected chi connectivity index (χ1v) is 7.02. The van der Waals surface area contributed by atoms with E-state index in [9.17, 15) is 4.79 Å². The minimum atomic E-state index is 0.221. The summed E-state index contributed by atoms with van der Waals surface area (Å²) in [5.41, 5.74) is 2.30. The number of aliphatic imine (C=N–C) groups is 1. The van der Waals surface area contributed by atoms with E-state index < -0.39 is 0 Å². The van der Waals surface area contributed by atoms with Crippen LogP contribution in [0.25, 0.3) is 0 Å². The van der Waals surface area contributed by atoms with Gasteiger partial charge in [-0.25, -0.2) is 14.6 Å². The van der Waals surface area contributed by atoms with Gasteiger partial charge in [0.25, 0.3) is 0 Å². The van der Waals surface area contributed by atoms with E-state index in [1.165, 1.54) is 6.08 Å². The zero-order valence-electron chi connectivity index (χ0n) is 12.6. The van der Waals surface area contributed by atoms with Crippen LogP contribution in [-0.4, -0.2) is 32.6 Å². The summed E-state index contributed by atoms with van der Waals surface area (Å²) in [5.74, 6) is 0. The van der Waals surface area contributed by atoms with E-state index in [0.717, 1.165) is 37.3 Å². The molecule has 6 heteroatoms. The Morgan fingerprint density at radius 1 is 1.24 bits per heavy atom. The number of unbranched alkanes of at least 4 members (excludes halogenated alkanes) is 1. The summed E-state index contributed by atoms with van der Waals surface area (Å²) < 4.78 is 5.21. The van der Waals surface area contributed by atoms with Crippen LogP contribution >= 0.6 is 0 Å². The average molecular weight is 294 g/mol. The van der Waals surface area contributed by atoms with E-state index in [4.69, 9.17) is 14.5 Å². The predicted molar refractivity (Wildman–Crippen MR) is 80.2 cm³/mol. The monoisotopic (exact) mass is 294 g/mol. The lowest BCUT2D eigenvalue weighted by atomic mass is 10.2. The van der Waals surface area contributed by atoms with Crippen LogP contribution in [0, 0.1) is 6.92 Å². The lowest BCUT2D eigenvalue weighted by Crippen LogP contribution is -2.08. The highest BCUT2D eigenvalue weighted by atomic mass is 17.2. The molecule has 0 aliphatic heterocycles. The van der Waals surface area contributed by atoms with E-state index >= 15 is 0 Å². The van der Waals surface area contributed by atoms with Gasteiger partial charge in [-0.15, -0.1) is 0 Å². The van der Waals surface area contributed by atoms with Gasteiger partial charge in [0, 0.05) is 18.9 Å². The summed E-state index contributed by atoms with van der Waals surface area (Å²) in [4.78, 5) is 24.0. The molecule has 0 saturated carbocycles. The summed E-state index contributed by atoms with van der Waals surface area (Å²) in [6, 6.07) is 5.50. The molecule has 0 spiro atoms.